The van der Waals surface area contributed by atoms with Crippen molar-refractivity contribution in [3.63, 3.8) is 0 Å². The molecule has 0 fully saturated rings. The topological polar surface area (TPSA) is 40.5 Å². The van der Waals surface area contributed by atoms with Crippen molar-refractivity contribution in [1.82, 2.24) is 0 Å². The molecule has 0 atom stereocenters. The van der Waals surface area contributed by atoms with E-state index in [4.69, 9.17) is 10.2 Å². The number of hydrogen-bond acceptors (Lipinski definition) is 3. The molecule has 4 heteroatoms. The molecule has 17 heavy (non-hydrogen) atoms. The van der Waals surface area contributed by atoms with Crippen LogP contribution in [0.4, 0.5) is 4.39 Å². The normalized spacial score (nSPS) is 9.82. The van der Waals surface area contributed by atoms with Crippen LogP contribution in [0.2, 0.25) is 0 Å². The van der Waals surface area contributed by atoms with Crippen LogP contribution in [-0.2, 0) is 5.75 Å². The molecule has 2 N–H and O–H groups in total. The second-order valence-electron chi connectivity index (χ2n) is 3.40. The van der Waals surface area contributed by atoms with E-state index in [-0.39, 0.29) is 19.0 Å². The predicted octanol–water partition coefficient (Wildman–Crippen LogP) is 1.79. The van der Waals surface area contributed by atoms with Crippen molar-refractivity contribution in [2.45, 2.75) is 12.2 Å². The summed E-state index contributed by atoms with van der Waals surface area (Å²) in [5, 5.41) is 17.2. The number of rotatable bonds is 5. The molecule has 0 bridgehead atoms. The Labute approximate surface area is 105 Å². The molecule has 0 spiro atoms. The highest BCUT2D eigenvalue weighted by Crippen LogP contribution is 2.16. The first-order valence-corrected chi connectivity index (χ1v) is 6.50. The molecule has 0 radical (unpaired) electrons. The third-order valence-electron chi connectivity index (χ3n) is 2.05. The first-order chi connectivity index (χ1) is 8.27. The highest BCUT2D eigenvalue weighted by atomic mass is 32.2. The second-order valence-corrected chi connectivity index (χ2v) is 4.51. The third kappa shape index (κ3) is 5.22. The van der Waals surface area contributed by atoms with Crippen LogP contribution < -0.4 is 0 Å². The van der Waals surface area contributed by atoms with Gasteiger partial charge in [0.05, 0.1) is 5.56 Å². The first kappa shape index (κ1) is 14.0. The predicted molar refractivity (Wildman–Crippen MR) is 68.2 cm³/mol. The Kier molecular flexibility index (Phi) is 6.71. The lowest BCUT2D eigenvalue weighted by atomic mass is 10.1. The molecule has 0 heterocycles. The van der Waals surface area contributed by atoms with Gasteiger partial charge in [0.25, 0.3) is 0 Å². The summed E-state index contributed by atoms with van der Waals surface area (Å²) < 4.78 is 13.3. The monoisotopic (exact) mass is 254 g/mol. The zero-order chi connectivity index (χ0) is 12.5. The molecule has 0 saturated carbocycles. The van der Waals surface area contributed by atoms with Crippen LogP contribution in [0.1, 0.15) is 17.5 Å². The van der Waals surface area contributed by atoms with Gasteiger partial charge in [-0.3, -0.25) is 0 Å². The zero-order valence-corrected chi connectivity index (χ0v) is 10.3. The van der Waals surface area contributed by atoms with Gasteiger partial charge in [-0.1, -0.05) is 17.9 Å². The standard InChI is InChI=1S/C13H15FO2S/c14-13-5-4-11(10-17-8-2-7-16)9-12(13)3-1-6-15/h4-5,9,15-16H,2,6-8,10H2. The molecule has 1 aromatic rings. The summed E-state index contributed by atoms with van der Waals surface area (Å²) in [5.41, 5.74) is 1.32. The van der Waals surface area contributed by atoms with Gasteiger partial charge in [-0.15, -0.1) is 0 Å². The van der Waals surface area contributed by atoms with Crippen molar-refractivity contribution in [3.8, 4) is 11.8 Å². The fraction of sp³-hybridized carbons (Fsp3) is 0.385. The second kappa shape index (κ2) is 8.13. The fourth-order valence-electron chi connectivity index (χ4n) is 1.25. The highest BCUT2D eigenvalue weighted by Gasteiger charge is 2.01. The maximum atomic E-state index is 13.3. The quantitative estimate of drug-likeness (QED) is 0.621. The van der Waals surface area contributed by atoms with Crippen LogP contribution in [0, 0.1) is 17.7 Å². The molecule has 92 valence electrons. The van der Waals surface area contributed by atoms with Gasteiger partial charge in [0.2, 0.25) is 0 Å². The average molecular weight is 254 g/mol. The van der Waals surface area contributed by atoms with E-state index in [1.807, 2.05) is 0 Å². The smallest absolute Gasteiger partial charge is 0.138 e. The Morgan fingerprint density at radius 3 is 2.82 bits per heavy atom. The minimum absolute atomic E-state index is 0.198. The van der Waals surface area contributed by atoms with Crippen molar-refractivity contribution in [2.75, 3.05) is 19.0 Å². The summed E-state index contributed by atoms with van der Waals surface area (Å²) in [4.78, 5) is 0. The van der Waals surface area contributed by atoms with E-state index in [1.165, 1.54) is 6.07 Å². The summed E-state index contributed by atoms with van der Waals surface area (Å²) >= 11 is 1.69. The summed E-state index contributed by atoms with van der Waals surface area (Å²) in [6.07, 6.45) is 0.767. The van der Waals surface area contributed by atoms with Crippen LogP contribution in [0.25, 0.3) is 0 Å². The maximum absolute atomic E-state index is 13.3. The van der Waals surface area contributed by atoms with E-state index in [1.54, 1.807) is 23.9 Å². The van der Waals surface area contributed by atoms with Gasteiger partial charge in [-0.25, -0.2) is 4.39 Å². The Balaban J connectivity index is 2.61. The number of aliphatic hydroxyl groups is 2. The highest BCUT2D eigenvalue weighted by molar-refractivity contribution is 7.98. The Bertz CT molecular complexity index is 410. The Morgan fingerprint density at radius 1 is 1.29 bits per heavy atom. The molecule has 0 saturated heterocycles. The van der Waals surface area contributed by atoms with E-state index >= 15 is 0 Å². The first-order valence-electron chi connectivity index (χ1n) is 5.34. The number of benzene rings is 1. The molecule has 1 aromatic carbocycles. The van der Waals surface area contributed by atoms with Gasteiger partial charge in [0, 0.05) is 12.4 Å². The molecule has 0 unspecified atom stereocenters. The van der Waals surface area contributed by atoms with Gasteiger partial charge in [-0.2, -0.15) is 11.8 Å². The Morgan fingerprint density at radius 2 is 2.12 bits per heavy atom. The van der Waals surface area contributed by atoms with Crippen molar-refractivity contribution < 1.29 is 14.6 Å². The summed E-state index contributed by atoms with van der Waals surface area (Å²) in [7, 11) is 0. The van der Waals surface area contributed by atoms with Crippen LogP contribution in [0.3, 0.4) is 0 Å². The molecule has 1 rings (SSSR count). The number of aliphatic hydroxyl groups excluding tert-OH is 2. The lowest BCUT2D eigenvalue weighted by molar-refractivity contribution is 0.296. The molecule has 0 amide bonds. The minimum atomic E-state index is -0.366. The fourth-order valence-corrected chi connectivity index (χ4v) is 2.14. The van der Waals surface area contributed by atoms with Crippen LogP contribution in [-0.4, -0.2) is 29.2 Å². The van der Waals surface area contributed by atoms with Crippen LogP contribution >= 0.6 is 11.8 Å². The lowest BCUT2D eigenvalue weighted by Gasteiger charge is -2.02. The van der Waals surface area contributed by atoms with Gasteiger partial charge in [-0.05, 0) is 29.9 Å². The summed E-state index contributed by atoms with van der Waals surface area (Å²) in [5.74, 6) is 6.30. The van der Waals surface area contributed by atoms with E-state index < -0.39 is 0 Å². The van der Waals surface area contributed by atoms with Crippen molar-refractivity contribution in [1.29, 1.82) is 0 Å². The van der Waals surface area contributed by atoms with Gasteiger partial charge in [0.15, 0.2) is 0 Å². The zero-order valence-electron chi connectivity index (χ0n) is 9.45. The minimum Gasteiger partial charge on any atom is -0.396 e. The number of halogens is 1. The van der Waals surface area contributed by atoms with Crippen molar-refractivity contribution in [3.05, 3.63) is 35.1 Å². The SMILES string of the molecule is OCC#Cc1cc(CSCCCO)ccc1F. The summed E-state index contributed by atoms with van der Waals surface area (Å²) in [6, 6.07) is 4.82. The third-order valence-corrected chi connectivity index (χ3v) is 3.16. The van der Waals surface area contributed by atoms with Gasteiger partial charge < -0.3 is 10.2 Å². The lowest BCUT2D eigenvalue weighted by Crippen LogP contribution is -1.90. The van der Waals surface area contributed by atoms with Gasteiger partial charge in [0.1, 0.15) is 12.4 Å². The van der Waals surface area contributed by atoms with Crippen molar-refractivity contribution >= 4 is 11.8 Å². The summed E-state index contributed by atoms with van der Waals surface area (Å²) in [6.45, 7) is -0.0709. The maximum Gasteiger partial charge on any atom is 0.138 e. The van der Waals surface area contributed by atoms with E-state index in [2.05, 4.69) is 11.8 Å². The van der Waals surface area contributed by atoms with Crippen LogP contribution in [0.5, 0.6) is 0 Å². The number of thioether (sulfide) groups is 1. The molecule has 0 aliphatic heterocycles. The van der Waals surface area contributed by atoms with E-state index in [9.17, 15) is 4.39 Å². The van der Waals surface area contributed by atoms with Gasteiger partial charge >= 0.3 is 0 Å². The Hall–Kier alpha value is -1.02. The molecule has 2 nitrogen and oxygen atoms in total. The molecular formula is C13H15FO2S. The molecular weight excluding hydrogens is 239 g/mol. The molecule has 0 aromatic heterocycles. The van der Waals surface area contributed by atoms with Crippen LogP contribution in [0.15, 0.2) is 18.2 Å². The molecule has 0 aliphatic rings. The average Bonchev–Trinajstić information content (AvgIpc) is 2.35. The number of hydrogen-bond donors (Lipinski definition) is 2. The van der Waals surface area contributed by atoms with E-state index in [0.717, 1.165) is 23.5 Å². The van der Waals surface area contributed by atoms with Crippen molar-refractivity contribution in [2.24, 2.45) is 0 Å². The van der Waals surface area contributed by atoms with E-state index in [0.29, 0.717) is 5.56 Å². The molecule has 0 aliphatic carbocycles. The largest absolute Gasteiger partial charge is 0.396 e.